The molecule has 0 N–H and O–H groups in total. The molecule has 0 rings (SSSR count). The maximum absolute atomic E-state index is 12.6. The SMILES string of the molecule is CC(F)(CF)C(C)(F)C(F)(F)F. The highest BCUT2D eigenvalue weighted by Gasteiger charge is 2.64. The predicted molar refractivity (Wildman–Crippen MR) is 31.1 cm³/mol. The van der Waals surface area contributed by atoms with Crippen LogP contribution in [0.1, 0.15) is 13.8 Å². The lowest BCUT2D eigenvalue weighted by Gasteiger charge is -2.33. The fraction of sp³-hybridized carbons (Fsp3) is 1.00. The smallest absolute Gasteiger partial charge is 0.247 e. The first-order valence-electron chi connectivity index (χ1n) is 3.07. The molecule has 0 aliphatic rings. The lowest BCUT2D eigenvalue weighted by atomic mass is 9.90. The van der Waals surface area contributed by atoms with E-state index in [0.717, 1.165) is 0 Å². The second kappa shape index (κ2) is 2.81. The number of hydrogen-bond acceptors (Lipinski definition) is 0. The van der Waals surface area contributed by atoms with E-state index >= 15 is 0 Å². The lowest BCUT2D eigenvalue weighted by Crippen LogP contribution is -2.55. The highest BCUT2D eigenvalue weighted by Crippen LogP contribution is 2.43. The highest BCUT2D eigenvalue weighted by molar-refractivity contribution is 4.99. The molecule has 0 spiro atoms. The van der Waals surface area contributed by atoms with Crippen LogP contribution in [0.4, 0.5) is 26.3 Å². The lowest BCUT2D eigenvalue weighted by molar-refractivity contribution is -0.265. The van der Waals surface area contributed by atoms with Crippen molar-refractivity contribution in [1.29, 1.82) is 0 Å². The molecule has 2 atom stereocenters. The topological polar surface area (TPSA) is 0 Å². The first-order valence-corrected chi connectivity index (χ1v) is 3.07. The van der Waals surface area contributed by atoms with Gasteiger partial charge < -0.3 is 0 Å². The van der Waals surface area contributed by atoms with Gasteiger partial charge in [0.05, 0.1) is 0 Å². The van der Waals surface area contributed by atoms with Crippen molar-refractivity contribution in [2.75, 3.05) is 6.67 Å². The van der Waals surface area contributed by atoms with Crippen molar-refractivity contribution in [2.24, 2.45) is 0 Å². The molecule has 0 aliphatic heterocycles. The van der Waals surface area contributed by atoms with Crippen molar-refractivity contribution < 1.29 is 26.3 Å². The summed E-state index contributed by atoms with van der Waals surface area (Å²) in [5, 5.41) is 0. The van der Waals surface area contributed by atoms with E-state index in [4.69, 9.17) is 0 Å². The van der Waals surface area contributed by atoms with Gasteiger partial charge in [0.25, 0.3) is 0 Å². The van der Waals surface area contributed by atoms with Crippen molar-refractivity contribution in [2.45, 2.75) is 31.4 Å². The fourth-order valence-electron chi connectivity index (χ4n) is 0.421. The number of rotatable bonds is 2. The van der Waals surface area contributed by atoms with E-state index in [2.05, 4.69) is 0 Å². The van der Waals surface area contributed by atoms with Crippen LogP contribution in [0.15, 0.2) is 0 Å². The van der Waals surface area contributed by atoms with Gasteiger partial charge in [-0.2, -0.15) is 13.2 Å². The van der Waals surface area contributed by atoms with Crippen molar-refractivity contribution >= 4 is 0 Å². The molecule has 74 valence electrons. The Morgan fingerprint density at radius 3 is 1.33 bits per heavy atom. The van der Waals surface area contributed by atoms with E-state index < -0.39 is 24.2 Å². The van der Waals surface area contributed by atoms with E-state index in [-0.39, 0.29) is 13.8 Å². The van der Waals surface area contributed by atoms with Gasteiger partial charge in [0.2, 0.25) is 5.67 Å². The van der Waals surface area contributed by atoms with Gasteiger partial charge in [-0.3, -0.25) is 0 Å². The standard InChI is InChI=1S/C6H8F6/c1-4(8,3-7)5(2,9)6(10,11)12/h3H2,1-2H3. The van der Waals surface area contributed by atoms with Crippen LogP contribution in [0.25, 0.3) is 0 Å². The van der Waals surface area contributed by atoms with Crippen molar-refractivity contribution in [3.63, 3.8) is 0 Å². The average Bonchev–Trinajstić information content (AvgIpc) is 1.85. The summed E-state index contributed by atoms with van der Waals surface area (Å²) in [7, 11) is 0. The van der Waals surface area contributed by atoms with Gasteiger partial charge in [-0.1, -0.05) is 0 Å². The Morgan fingerprint density at radius 2 is 1.25 bits per heavy atom. The van der Waals surface area contributed by atoms with Crippen molar-refractivity contribution in [3.8, 4) is 0 Å². The van der Waals surface area contributed by atoms with Gasteiger partial charge in [-0.15, -0.1) is 0 Å². The molecule has 0 aromatic heterocycles. The first kappa shape index (κ1) is 11.6. The Hall–Kier alpha value is -0.420. The minimum Gasteiger partial charge on any atom is -0.247 e. The molecule has 0 saturated carbocycles. The van der Waals surface area contributed by atoms with Crippen LogP contribution < -0.4 is 0 Å². The summed E-state index contributed by atoms with van der Waals surface area (Å²) in [5.74, 6) is 0. The quantitative estimate of drug-likeness (QED) is 0.593. The molecule has 6 heteroatoms. The summed E-state index contributed by atoms with van der Waals surface area (Å²) in [6, 6.07) is 0. The molecule has 0 aromatic carbocycles. The Labute approximate surface area is 65.6 Å². The Kier molecular flexibility index (Phi) is 2.71. The third-order valence-electron chi connectivity index (χ3n) is 1.76. The van der Waals surface area contributed by atoms with Gasteiger partial charge in [-0.05, 0) is 13.8 Å². The number of alkyl halides is 6. The minimum absolute atomic E-state index is 0.0213. The van der Waals surface area contributed by atoms with Crippen LogP contribution in [0, 0.1) is 0 Å². The summed E-state index contributed by atoms with van der Waals surface area (Å²) in [4.78, 5) is 0. The van der Waals surface area contributed by atoms with E-state index in [1.165, 1.54) is 0 Å². The molecule has 2 unspecified atom stereocenters. The third-order valence-corrected chi connectivity index (χ3v) is 1.76. The number of halogens is 6. The molecule has 0 nitrogen and oxygen atoms in total. The molecule has 0 aliphatic carbocycles. The Morgan fingerprint density at radius 1 is 0.917 bits per heavy atom. The van der Waals surface area contributed by atoms with Crippen LogP contribution in [0.2, 0.25) is 0 Å². The van der Waals surface area contributed by atoms with E-state index in [1.807, 2.05) is 0 Å². The summed E-state index contributed by atoms with van der Waals surface area (Å²) < 4.78 is 72.1. The molecule has 0 bridgehead atoms. The van der Waals surface area contributed by atoms with Gasteiger partial charge in [0.1, 0.15) is 6.67 Å². The van der Waals surface area contributed by atoms with E-state index in [0.29, 0.717) is 0 Å². The minimum atomic E-state index is -5.40. The van der Waals surface area contributed by atoms with Gasteiger partial charge in [0.15, 0.2) is 5.67 Å². The van der Waals surface area contributed by atoms with Crippen molar-refractivity contribution in [3.05, 3.63) is 0 Å². The van der Waals surface area contributed by atoms with Crippen LogP contribution >= 0.6 is 0 Å². The van der Waals surface area contributed by atoms with Crippen LogP contribution in [-0.2, 0) is 0 Å². The maximum atomic E-state index is 12.6. The molecule has 0 saturated heterocycles. The molecule has 12 heavy (non-hydrogen) atoms. The Balaban J connectivity index is 4.85. The summed E-state index contributed by atoms with van der Waals surface area (Å²) in [5.41, 5.74) is -7.69. The zero-order chi connectivity index (χ0) is 10.2. The van der Waals surface area contributed by atoms with Crippen LogP contribution in [0.3, 0.4) is 0 Å². The first-order chi connectivity index (χ1) is 5.06. The zero-order valence-corrected chi connectivity index (χ0v) is 6.47. The van der Waals surface area contributed by atoms with Crippen LogP contribution in [-0.4, -0.2) is 24.2 Å². The second-order valence-electron chi connectivity index (χ2n) is 2.83. The van der Waals surface area contributed by atoms with Crippen LogP contribution in [0.5, 0.6) is 0 Å². The second-order valence-corrected chi connectivity index (χ2v) is 2.83. The molecule has 0 heterocycles. The number of hydrogen-bond donors (Lipinski definition) is 0. The van der Waals surface area contributed by atoms with Gasteiger partial charge >= 0.3 is 6.18 Å². The molecule has 0 amide bonds. The van der Waals surface area contributed by atoms with Gasteiger partial charge in [0, 0.05) is 0 Å². The highest BCUT2D eigenvalue weighted by atomic mass is 19.4. The monoisotopic (exact) mass is 194 g/mol. The maximum Gasteiger partial charge on any atom is 0.425 e. The molecule has 0 aromatic rings. The summed E-state index contributed by atoms with van der Waals surface area (Å²) in [6.07, 6.45) is -5.40. The molecular weight excluding hydrogens is 186 g/mol. The van der Waals surface area contributed by atoms with Gasteiger partial charge in [-0.25, -0.2) is 13.2 Å². The average molecular weight is 194 g/mol. The predicted octanol–water partition coefficient (Wildman–Crippen LogP) is 2.97. The molecule has 0 fully saturated rings. The van der Waals surface area contributed by atoms with Crippen molar-refractivity contribution in [1.82, 2.24) is 0 Å². The molecular formula is C6H8F6. The summed E-state index contributed by atoms with van der Waals surface area (Å²) in [6.45, 7) is -1.80. The van der Waals surface area contributed by atoms with E-state index in [1.54, 1.807) is 0 Å². The van der Waals surface area contributed by atoms with E-state index in [9.17, 15) is 26.3 Å². The largest absolute Gasteiger partial charge is 0.425 e. The Bertz CT molecular complexity index is 156. The summed E-state index contributed by atoms with van der Waals surface area (Å²) >= 11 is 0. The zero-order valence-electron chi connectivity index (χ0n) is 6.47. The fourth-order valence-corrected chi connectivity index (χ4v) is 0.421. The molecule has 0 radical (unpaired) electrons. The third kappa shape index (κ3) is 1.67. The normalized spacial score (nSPS) is 23.0.